The van der Waals surface area contributed by atoms with E-state index >= 15 is 0 Å². The summed E-state index contributed by atoms with van der Waals surface area (Å²) in [6, 6.07) is 10.9. The van der Waals surface area contributed by atoms with Crippen molar-refractivity contribution in [3.8, 4) is 5.75 Å². The fourth-order valence-corrected chi connectivity index (χ4v) is 4.27. The van der Waals surface area contributed by atoms with Crippen LogP contribution in [0.1, 0.15) is 0 Å². The lowest BCUT2D eigenvalue weighted by Crippen LogP contribution is -2.39. The molecule has 3 aromatic rings. The van der Waals surface area contributed by atoms with E-state index in [2.05, 4.69) is 5.32 Å². The largest absolute Gasteiger partial charge is 0.495 e. The summed E-state index contributed by atoms with van der Waals surface area (Å²) >= 11 is 0. The number of sulfonamides is 1. The zero-order valence-electron chi connectivity index (χ0n) is 17.4. The van der Waals surface area contributed by atoms with Crippen molar-refractivity contribution in [3.05, 3.63) is 63.2 Å². The SMILES string of the molecule is COc1ccccc1NC(=O)CN(C)S(=O)(=O)c1ccc2c(c1)n(C)c(=O)c(=O)n2C. The van der Waals surface area contributed by atoms with Gasteiger partial charge in [-0.15, -0.1) is 0 Å². The molecule has 0 aliphatic rings. The number of rotatable bonds is 6. The molecule has 0 unspecified atom stereocenters. The van der Waals surface area contributed by atoms with Crippen LogP contribution in [-0.4, -0.2) is 48.5 Å². The van der Waals surface area contributed by atoms with Gasteiger partial charge in [-0.05, 0) is 30.3 Å². The molecule has 0 saturated heterocycles. The summed E-state index contributed by atoms with van der Waals surface area (Å²) in [6.45, 7) is -0.440. The maximum absolute atomic E-state index is 13.0. The summed E-state index contributed by atoms with van der Waals surface area (Å²) in [4.78, 5) is 36.3. The molecule has 0 saturated carbocycles. The van der Waals surface area contributed by atoms with Gasteiger partial charge in [-0.25, -0.2) is 8.42 Å². The van der Waals surface area contributed by atoms with E-state index < -0.39 is 33.6 Å². The molecule has 164 valence electrons. The van der Waals surface area contributed by atoms with E-state index in [-0.39, 0.29) is 10.4 Å². The summed E-state index contributed by atoms with van der Waals surface area (Å²) in [7, 11) is 1.53. The molecule has 1 heterocycles. The van der Waals surface area contributed by atoms with Crippen molar-refractivity contribution < 1.29 is 17.9 Å². The van der Waals surface area contributed by atoms with Gasteiger partial charge in [-0.3, -0.25) is 14.4 Å². The van der Waals surface area contributed by atoms with Crippen LogP contribution in [0.4, 0.5) is 5.69 Å². The van der Waals surface area contributed by atoms with Crippen LogP contribution in [0, 0.1) is 0 Å². The molecule has 0 spiro atoms. The third-order valence-electron chi connectivity index (χ3n) is 4.92. The van der Waals surface area contributed by atoms with Gasteiger partial charge in [0.15, 0.2) is 0 Å². The second kappa shape index (κ2) is 8.36. The van der Waals surface area contributed by atoms with Crippen LogP contribution < -0.4 is 21.2 Å². The quantitative estimate of drug-likeness (QED) is 0.551. The molecule has 1 aromatic heterocycles. The summed E-state index contributed by atoms with van der Waals surface area (Å²) in [6.07, 6.45) is 0. The molecule has 0 aliphatic heterocycles. The van der Waals surface area contributed by atoms with Crippen molar-refractivity contribution in [1.29, 1.82) is 0 Å². The number of fused-ring (bicyclic) bond motifs is 1. The summed E-state index contributed by atoms with van der Waals surface area (Å²) < 4.78 is 34.3. The number of para-hydroxylation sites is 2. The van der Waals surface area contributed by atoms with E-state index in [9.17, 15) is 22.8 Å². The highest BCUT2D eigenvalue weighted by atomic mass is 32.2. The van der Waals surface area contributed by atoms with E-state index in [0.717, 1.165) is 8.87 Å². The molecule has 0 radical (unpaired) electrons. The predicted octanol–water partition coefficient (Wildman–Crippen LogP) is 0.505. The smallest absolute Gasteiger partial charge is 0.316 e. The molecule has 1 amide bonds. The zero-order valence-corrected chi connectivity index (χ0v) is 18.3. The molecule has 1 N–H and O–H groups in total. The third-order valence-corrected chi connectivity index (χ3v) is 6.72. The third kappa shape index (κ3) is 4.09. The highest BCUT2D eigenvalue weighted by Gasteiger charge is 2.24. The Balaban J connectivity index is 1.90. The number of carbonyl (C=O) groups is 1. The molecule has 2 aromatic carbocycles. The maximum Gasteiger partial charge on any atom is 0.316 e. The first kappa shape index (κ1) is 22.2. The number of methoxy groups -OCH3 is 1. The van der Waals surface area contributed by atoms with Gasteiger partial charge in [0.25, 0.3) is 0 Å². The summed E-state index contributed by atoms with van der Waals surface area (Å²) in [5, 5.41) is 2.62. The predicted molar refractivity (Wildman–Crippen MR) is 116 cm³/mol. The van der Waals surface area contributed by atoms with Gasteiger partial charge < -0.3 is 19.2 Å². The minimum atomic E-state index is -4.05. The molecule has 0 bridgehead atoms. The number of ether oxygens (including phenoxy) is 1. The standard InChI is InChI=1S/C20H22N4O6S/c1-22(12-18(25)21-14-7-5-6-8-17(14)30-4)31(28,29)13-9-10-15-16(11-13)24(3)20(27)19(26)23(15)2/h5-11H,12H2,1-4H3,(H,21,25). The molecule has 11 heteroatoms. The van der Waals surface area contributed by atoms with Gasteiger partial charge in [-0.2, -0.15) is 4.31 Å². The number of aryl methyl sites for hydroxylation is 2. The first-order valence-electron chi connectivity index (χ1n) is 9.17. The number of aromatic nitrogens is 2. The van der Waals surface area contributed by atoms with E-state index in [1.165, 1.54) is 51.0 Å². The van der Waals surface area contributed by atoms with Crippen molar-refractivity contribution in [2.75, 3.05) is 26.0 Å². The monoisotopic (exact) mass is 446 g/mol. The van der Waals surface area contributed by atoms with E-state index in [0.29, 0.717) is 17.0 Å². The summed E-state index contributed by atoms with van der Waals surface area (Å²) in [5.41, 5.74) is -0.380. The lowest BCUT2D eigenvalue weighted by molar-refractivity contribution is -0.116. The molecule has 0 aliphatic carbocycles. The molecular weight excluding hydrogens is 424 g/mol. The number of anilines is 1. The Hall–Kier alpha value is -3.44. The molecular formula is C20H22N4O6S. The second-order valence-corrected chi connectivity index (χ2v) is 8.93. The first-order valence-corrected chi connectivity index (χ1v) is 10.6. The van der Waals surface area contributed by atoms with E-state index in [1.54, 1.807) is 24.3 Å². The van der Waals surface area contributed by atoms with E-state index in [1.807, 2.05) is 0 Å². The number of hydrogen-bond donors (Lipinski definition) is 1. The van der Waals surface area contributed by atoms with Crippen molar-refractivity contribution in [1.82, 2.24) is 13.4 Å². The summed E-state index contributed by atoms with van der Waals surface area (Å²) in [5.74, 6) is -0.103. The minimum absolute atomic E-state index is 0.110. The van der Waals surface area contributed by atoms with Gasteiger partial charge in [0.05, 0.1) is 35.3 Å². The Labute approximate surface area is 178 Å². The molecule has 0 atom stereocenters. The minimum Gasteiger partial charge on any atom is -0.495 e. The van der Waals surface area contributed by atoms with Gasteiger partial charge in [0.2, 0.25) is 15.9 Å². The maximum atomic E-state index is 13.0. The number of nitrogens with zero attached hydrogens (tertiary/aromatic N) is 3. The lowest BCUT2D eigenvalue weighted by Gasteiger charge is -2.18. The Bertz CT molecular complexity index is 1390. The van der Waals surface area contributed by atoms with Crippen LogP contribution in [-0.2, 0) is 28.9 Å². The van der Waals surface area contributed by atoms with Crippen molar-refractivity contribution in [2.45, 2.75) is 4.90 Å². The van der Waals surface area contributed by atoms with Crippen molar-refractivity contribution >= 4 is 32.7 Å². The number of likely N-dealkylation sites (N-methyl/N-ethyl adjacent to an activating group) is 1. The van der Waals surface area contributed by atoms with Crippen LogP contribution in [0.5, 0.6) is 5.75 Å². The Morgan fingerprint density at radius 2 is 1.65 bits per heavy atom. The van der Waals surface area contributed by atoms with Gasteiger partial charge in [0.1, 0.15) is 5.75 Å². The van der Waals surface area contributed by atoms with E-state index in [4.69, 9.17) is 4.74 Å². The Morgan fingerprint density at radius 3 is 2.29 bits per heavy atom. The number of nitrogens with one attached hydrogen (secondary N) is 1. The van der Waals surface area contributed by atoms with Crippen molar-refractivity contribution in [2.24, 2.45) is 14.1 Å². The van der Waals surface area contributed by atoms with Gasteiger partial charge in [-0.1, -0.05) is 12.1 Å². The highest BCUT2D eigenvalue weighted by Crippen LogP contribution is 2.23. The number of hydrogen-bond acceptors (Lipinski definition) is 6. The lowest BCUT2D eigenvalue weighted by atomic mass is 10.3. The van der Waals surface area contributed by atoms with Crippen LogP contribution in [0.25, 0.3) is 11.0 Å². The first-order chi connectivity index (χ1) is 14.6. The van der Waals surface area contributed by atoms with Crippen LogP contribution in [0.15, 0.2) is 56.9 Å². The molecule has 31 heavy (non-hydrogen) atoms. The molecule has 3 rings (SSSR count). The number of amides is 1. The molecule has 10 nitrogen and oxygen atoms in total. The Morgan fingerprint density at radius 1 is 1.03 bits per heavy atom. The topological polar surface area (TPSA) is 120 Å². The number of carbonyl (C=O) groups excluding carboxylic acids is 1. The van der Waals surface area contributed by atoms with Crippen LogP contribution >= 0.6 is 0 Å². The highest BCUT2D eigenvalue weighted by molar-refractivity contribution is 7.89. The van der Waals surface area contributed by atoms with Gasteiger partial charge in [0, 0.05) is 21.1 Å². The fourth-order valence-electron chi connectivity index (χ4n) is 3.13. The fraction of sp³-hybridized carbons (Fsp3) is 0.250. The molecule has 0 fully saturated rings. The Kier molecular flexibility index (Phi) is 6.00. The van der Waals surface area contributed by atoms with Crippen molar-refractivity contribution in [3.63, 3.8) is 0 Å². The normalized spacial score (nSPS) is 11.6. The van der Waals surface area contributed by atoms with Gasteiger partial charge >= 0.3 is 11.1 Å². The average Bonchev–Trinajstić information content (AvgIpc) is 2.75. The van der Waals surface area contributed by atoms with Crippen LogP contribution in [0.2, 0.25) is 0 Å². The average molecular weight is 446 g/mol. The second-order valence-electron chi connectivity index (χ2n) is 6.89. The number of benzene rings is 2. The van der Waals surface area contributed by atoms with Crippen LogP contribution in [0.3, 0.4) is 0 Å². The zero-order chi connectivity index (χ0) is 22.9.